The highest BCUT2D eigenvalue weighted by Crippen LogP contribution is 2.08. The van der Waals surface area contributed by atoms with Crippen molar-refractivity contribution in [3.63, 3.8) is 0 Å². The number of carbonyl (C=O) groups is 1. The summed E-state index contributed by atoms with van der Waals surface area (Å²) in [7, 11) is 0. The van der Waals surface area contributed by atoms with Crippen LogP contribution < -0.4 is 0 Å². The van der Waals surface area contributed by atoms with E-state index < -0.39 is 11.6 Å². The van der Waals surface area contributed by atoms with Crippen molar-refractivity contribution in [3.8, 4) is 0 Å². The van der Waals surface area contributed by atoms with Gasteiger partial charge in [-0.1, -0.05) is 19.9 Å². The van der Waals surface area contributed by atoms with E-state index >= 15 is 0 Å². The first-order valence-corrected chi connectivity index (χ1v) is 3.65. The molecule has 0 aromatic heterocycles. The molecule has 0 aliphatic carbocycles. The molecule has 0 heterocycles. The third-order valence-corrected chi connectivity index (χ3v) is 1.11. The van der Waals surface area contributed by atoms with Crippen LogP contribution in [0.5, 0.6) is 0 Å². The van der Waals surface area contributed by atoms with Crippen molar-refractivity contribution in [2.24, 2.45) is 0 Å². The summed E-state index contributed by atoms with van der Waals surface area (Å²) in [6, 6.07) is 3.45. The summed E-state index contributed by atoms with van der Waals surface area (Å²) in [5.74, 6) is -2.08. The molecule has 1 rings (SSSR count). The van der Waals surface area contributed by atoms with Crippen LogP contribution in [-0.2, 0) is 0 Å². The van der Waals surface area contributed by atoms with Gasteiger partial charge >= 0.3 is 0 Å². The van der Waals surface area contributed by atoms with Gasteiger partial charge in [0.1, 0.15) is 0 Å². The molecule has 0 N–H and O–H groups in total. The highest BCUT2D eigenvalue weighted by molar-refractivity contribution is 5.74. The van der Waals surface area contributed by atoms with Crippen LogP contribution >= 0.6 is 0 Å². The lowest BCUT2D eigenvalue weighted by Gasteiger charge is -1.92. The van der Waals surface area contributed by atoms with Crippen molar-refractivity contribution in [1.29, 1.82) is 0 Å². The summed E-state index contributed by atoms with van der Waals surface area (Å²) in [4.78, 5) is 9.97. The fraction of sp³-hybridized carbons (Fsp3) is 0.222. The van der Waals surface area contributed by atoms with Crippen LogP contribution in [0.4, 0.5) is 8.78 Å². The highest BCUT2D eigenvalue weighted by atomic mass is 19.2. The van der Waals surface area contributed by atoms with Gasteiger partial charge in [-0.2, -0.15) is 0 Å². The lowest BCUT2D eigenvalue weighted by atomic mass is 10.2. The third-order valence-electron chi connectivity index (χ3n) is 1.11. The second-order valence-corrected chi connectivity index (χ2v) is 1.76. The Hall–Kier alpha value is -1.25. The van der Waals surface area contributed by atoms with E-state index in [0.717, 1.165) is 6.07 Å². The van der Waals surface area contributed by atoms with E-state index in [2.05, 4.69) is 0 Å². The van der Waals surface area contributed by atoms with E-state index in [0.29, 0.717) is 0 Å². The summed E-state index contributed by atoms with van der Waals surface area (Å²) >= 11 is 0. The summed E-state index contributed by atoms with van der Waals surface area (Å²) in [5, 5.41) is 0. The molecular weight excluding hydrogens is 162 g/mol. The maximum absolute atomic E-state index is 12.4. The quantitative estimate of drug-likeness (QED) is 0.595. The van der Waals surface area contributed by atoms with Crippen molar-refractivity contribution in [1.82, 2.24) is 0 Å². The minimum absolute atomic E-state index is 0.250. The zero-order chi connectivity index (χ0) is 9.56. The summed E-state index contributed by atoms with van der Waals surface area (Å²) in [6.45, 7) is 4.00. The Kier molecular flexibility index (Phi) is 4.84. The molecule has 1 aromatic rings. The molecule has 12 heavy (non-hydrogen) atoms. The van der Waals surface area contributed by atoms with Crippen molar-refractivity contribution in [3.05, 3.63) is 35.4 Å². The Bertz CT molecular complexity index is 259. The molecule has 1 nitrogen and oxygen atoms in total. The molecule has 0 saturated heterocycles. The standard InChI is InChI=1S/C7H4F2O.C2H6/c8-6-3-1-2-5(4-10)7(6)9;1-2/h1-4H;1-2H3. The topological polar surface area (TPSA) is 17.1 Å². The summed E-state index contributed by atoms with van der Waals surface area (Å²) < 4.78 is 24.6. The number of hydrogen-bond acceptors (Lipinski definition) is 1. The van der Waals surface area contributed by atoms with Gasteiger partial charge < -0.3 is 0 Å². The zero-order valence-electron chi connectivity index (χ0n) is 6.97. The Morgan fingerprint density at radius 1 is 1.25 bits per heavy atom. The van der Waals surface area contributed by atoms with Crippen molar-refractivity contribution < 1.29 is 13.6 Å². The first-order valence-electron chi connectivity index (χ1n) is 3.65. The third kappa shape index (κ3) is 2.42. The van der Waals surface area contributed by atoms with Crippen LogP contribution in [0.25, 0.3) is 0 Å². The minimum Gasteiger partial charge on any atom is -0.298 e. The molecule has 0 radical (unpaired) electrons. The van der Waals surface area contributed by atoms with E-state index in [1.165, 1.54) is 12.1 Å². The predicted octanol–water partition coefficient (Wildman–Crippen LogP) is 2.80. The maximum atomic E-state index is 12.4. The summed E-state index contributed by atoms with van der Waals surface area (Å²) in [6.07, 6.45) is 0.276. The monoisotopic (exact) mass is 172 g/mol. The van der Waals surface area contributed by atoms with Gasteiger partial charge in [0.25, 0.3) is 0 Å². The molecule has 0 spiro atoms. The SMILES string of the molecule is CC.O=Cc1cccc(F)c1F. The van der Waals surface area contributed by atoms with Gasteiger partial charge in [-0.25, -0.2) is 8.78 Å². The van der Waals surface area contributed by atoms with Crippen LogP contribution in [0, 0.1) is 11.6 Å². The molecule has 0 atom stereocenters. The largest absolute Gasteiger partial charge is 0.298 e. The first kappa shape index (κ1) is 10.8. The average molecular weight is 172 g/mol. The van der Waals surface area contributed by atoms with Crippen LogP contribution in [0.15, 0.2) is 18.2 Å². The highest BCUT2D eigenvalue weighted by Gasteiger charge is 2.04. The molecular formula is C9H10F2O. The zero-order valence-corrected chi connectivity index (χ0v) is 6.97. The number of rotatable bonds is 1. The normalized spacial score (nSPS) is 8.33. The maximum Gasteiger partial charge on any atom is 0.169 e. The van der Waals surface area contributed by atoms with Crippen molar-refractivity contribution in [2.45, 2.75) is 13.8 Å². The van der Waals surface area contributed by atoms with Gasteiger partial charge in [0.2, 0.25) is 0 Å². The first-order chi connectivity index (χ1) is 5.75. The van der Waals surface area contributed by atoms with Gasteiger partial charge in [0.05, 0.1) is 5.56 Å². The molecule has 0 fully saturated rings. The van der Waals surface area contributed by atoms with Gasteiger partial charge in [-0.3, -0.25) is 4.79 Å². The number of benzene rings is 1. The van der Waals surface area contributed by atoms with Gasteiger partial charge in [0.15, 0.2) is 17.9 Å². The molecule has 0 bridgehead atoms. The molecule has 1 aromatic carbocycles. The Labute approximate surface area is 70.0 Å². The number of aldehydes is 1. The molecule has 0 saturated carbocycles. The van der Waals surface area contributed by atoms with E-state index in [9.17, 15) is 13.6 Å². The predicted molar refractivity (Wildman–Crippen MR) is 43.1 cm³/mol. The smallest absolute Gasteiger partial charge is 0.169 e. The molecule has 0 unspecified atom stereocenters. The fourth-order valence-electron chi connectivity index (χ4n) is 0.611. The van der Waals surface area contributed by atoms with E-state index in [1.807, 2.05) is 13.8 Å². The van der Waals surface area contributed by atoms with E-state index in [-0.39, 0.29) is 11.8 Å². The number of hydrogen-bond donors (Lipinski definition) is 0. The van der Waals surface area contributed by atoms with Crippen molar-refractivity contribution in [2.75, 3.05) is 0 Å². The lowest BCUT2D eigenvalue weighted by molar-refractivity contribution is 0.111. The molecule has 0 amide bonds. The molecule has 0 aliphatic rings. The second-order valence-electron chi connectivity index (χ2n) is 1.76. The van der Waals surface area contributed by atoms with Gasteiger partial charge in [-0.15, -0.1) is 0 Å². The van der Waals surface area contributed by atoms with Crippen LogP contribution in [0.2, 0.25) is 0 Å². The Morgan fingerprint density at radius 3 is 2.25 bits per heavy atom. The summed E-state index contributed by atoms with van der Waals surface area (Å²) in [5.41, 5.74) is -0.250. The number of halogens is 2. The van der Waals surface area contributed by atoms with Crippen LogP contribution in [-0.4, -0.2) is 6.29 Å². The van der Waals surface area contributed by atoms with Crippen LogP contribution in [0.3, 0.4) is 0 Å². The molecule has 66 valence electrons. The Morgan fingerprint density at radius 2 is 1.83 bits per heavy atom. The average Bonchev–Trinajstić information content (AvgIpc) is 2.13. The van der Waals surface area contributed by atoms with Gasteiger partial charge in [-0.05, 0) is 12.1 Å². The molecule has 0 aliphatic heterocycles. The lowest BCUT2D eigenvalue weighted by Crippen LogP contribution is -1.90. The van der Waals surface area contributed by atoms with Gasteiger partial charge in [0, 0.05) is 0 Å². The Balaban J connectivity index is 0.000000561. The van der Waals surface area contributed by atoms with E-state index in [1.54, 1.807) is 0 Å². The minimum atomic E-state index is -1.09. The van der Waals surface area contributed by atoms with E-state index in [4.69, 9.17) is 0 Å². The fourth-order valence-corrected chi connectivity index (χ4v) is 0.611. The molecule has 3 heteroatoms. The van der Waals surface area contributed by atoms with Crippen molar-refractivity contribution >= 4 is 6.29 Å². The van der Waals surface area contributed by atoms with Crippen LogP contribution in [0.1, 0.15) is 24.2 Å². The number of carbonyl (C=O) groups excluding carboxylic acids is 1. The second kappa shape index (κ2) is 5.41.